The Bertz CT molecular complexity index is 1170. The third-order valence-corrected chi connectivity index (χ3v) is 6.56. The molecule has 2 heterocycles. The molecule has 4 rings (SSSR count). The van der Waals surface area contributed by atoms with Gasteiger partial charge in [0.1, 0.15) is 24.1 Å². The number of likely N-dealkylation sites (tertiary alicyclic amines) is 1. The second-order valence-electron chi connectivity index (χ2n) is 9.31. The number of hydrogen-bond donors (Lipinski definition) is 1. The predicted molar refractivity (Wildman–Crippen MR) is 129 cm³/mol. The number of carbonyl (C=O) groups excluding carboxylic acids is 2. The first-order valence-electron chi connectivity index (χ1n) is 11.8. The first-order valence-corrected chi connectivity index (χ1v) is 11.8. The maximum absolute atomic E-state index is 14.8. The molecule has 2 aromatic carbocycles. The van der Waals surface area contributed by atoms with Gasteiger partial charge in [0.2, 0.25) is 11.8 Å². The Morgan fingerprint density at radius 1 is 1.09 bits per heavy atom. The van der Waals surface area contributed by atoms with Crippen LogP contribution in [0.3, 0.4) is 0 Å². The Kier molecular flexibility index (Phi) is 7.28. The molecule has 4 atom stereocenters. The maximum atomic E-state index is 14.8. The minimum atomic E-state index is -1.30. The van der Waals surface area contributed by atoms with Crippen molar-refractivity contribution in [3.05, 3.63) is 89.8 Å². The SMILES string of the molecule is CC(C)c1ccc([C@@H](NC(=O)[C@@H]2C[C@@H](F)CN2C(=O)[C@@H](C)n2ccnc2)c2ccccc2)cc1F. The summed E-state index contributed by atoms with van der Waals surface area (Å²) in [6, 6.07) is 11.9. The van der Waals surface area contributed by atoms with Gasteiger partial charge in [-0.2, -0.15) is 0 Å². The van der Waals surface area contributed by atoms with Crippen LogP contribution in [-0.4, -0.2) is 45.0 Å². The molecular formula is C27H30F2N4O2. The summed E-state index contributed by atoms with van der Waals surface area (Å²) < 4.78 is 30.9. The molecule has 8 heteroatoms. The van der Waals surface area contributed by atoms with Crippen molar-refractivity contribution in [1.29, 1.82) is 0 Å². The molecule has 1 aliphatic rings. The number of carbonyl (C=O) groups is 2. The number of imidazole rings is 1. The van der Waals surface area contributed by atoms with Crippen LogP contribution in [-0.2, 0) is 9.59 Å². The normalized spacial score (nSPS) is 19.5. The average Bonchev–Trinajstić information content (AvgIpc) is 3.52. The Morgan fingerprint density at radius 3 is 2.46 bits per heavy atom. The monoisotopic (exact) mass is 480 g/mol. The summed E-state index contributed by atoms with van der Waals surface area (Å²) in [6.07, 6.45) is 3.34. The Balaban J connectivity index is 1.61. The molecule has 0 saturated carbocycles. The van der Waals surface area contributed by atoms with Crippen LogP contribution in [0.4, 0.5) is 8.78 Å². The van der Waals surface area contributed by atoms with E-state index < -0.39 is 30.2 Å². The van der Waals surface area contributed by atoms with Crippen LogP contribution in [0.15, 0.2) is 67.3 Å². The molecule has 2 amide bonds. The lowest BCUT2D eigenvalue weighted by atomic mass is 9.94. The molecule has 35 heavy (non-hydrogen) atoms. The van der Waals surface area contributed by atoms with Crippen molar-refractivity contribution in [2.75, 3.05) is 6.54 Å². The van der Waals surface area contributed by atoms with E-state index in [0.717, 1.165) is 5.56 Å². The largest absolute Gasteiger partial charge is 0.343 e. The Labute approximate surface area is 204 Å². The van der Waals surface area contributed by atoms with Gasteiger partial charge in [0.25, 0.3) is 0 Å². The lowest BCUT2D eigenvalue weighted by Gasteiger charge is -2.29. The number of aromatic nitrogens is 2. The van der Waals surface area contributed by atoms with E-state index in [1.54, 1.807) is 36.0 Å². The highest BCUT2D eigenvalue weighted by molar-refractivity contribution is 5.90. The van der Waals surface area contributed by atoms with Gasteiger partial charge in [0.15, 0.2) is 0 Å². The molecule has 1 aliphatic heterocycles. The number of amides is 2. The van der Waals surface area contributed by atoms with Crippen molar-refractivity contribution in [2.45, 2.75) is 57.4 Å². The van der Waals surface area contributed by atoms with Crippen molar-refractivity contribution in [3.8, 4) is 0 Å². The summed E-state index contributed by atoms with van der Waals surface area (Å²) in [5.74, 6) is -1.15. The fraction of sp³-hybridized carbons (Fsp3) is 0.370. The standard InChI is InChI=1S/C27H30F2N4O2/c1-17(2)22-10-9-20(13-23(22)29)25(19-7-5-4-6-8-19)31-26(34)24-14-21(28)15-33(24)27(35)18(3)32-12-11-30-16-32/h4-13,16-18,21,24-25H,14-15H2,1-3H3,(H,31,34)/t18-,21-,24+,25+/m1/s1. The van der Waals surface area contributed by atoms with Gasteiger partial charge in [-0.25, -0.2) is 13.8 Å². The van der Waals surface area contributed by atoms with E-state index in [9.17, 15) is 18.4 Å². The van der Waals surface area contributed by atoms with Gasteiger partial charge in [-0.1, -0.05) is 56.3 Å². The smallest absolute Gasteiger partial charge is 0.246 e. The van der Waals surface area contributed by atoms with Gasteiger partial charge in [0.05, 0.1) is 18.9 Å². The number of nitrogens with zero attached hydrogens (tertiary/aromatic N) is 3. The van der Waals surface area contributed by atoms with Gasteiger partial charge in [-0.05, 0) is 35.6 Å². The minimum absolute atomic E-state index is 0.0193. The van der Waals surface area contributed by atoms with Crippen molar-refractivity contribution < 1.29 is 18.4 Å². The Hall–Kier alpha value is -3.55. The highest BCUT2D eigenvalue weighted by Crippen LogP contribution is 2.29. The lowest BCUT2D eigenvalue weighted by Crippen LogP contribution is -2.48. The van der Waals surface area contributed by atoms with E-state index >= 15 is 0 Å². The van der Waals surface area contributed by atoms with E-state index in [1.807, 2.05) is 44.2 Å². The first-order chi connectivity index (χ1) is 16.8. The predicted octanol–water partition coefficient (Wildman–Crippen LogP) is 4.55. The zero-order valence-corrected chi connectivity index (χ0v) is 20.1. The van der Waals surface area contributed by atoms with Gasteiger partial charge in [-0.3, -0.25) is 9.59 Å². The fourth-order valence-electron chi connectivity index (χ4n) is 4.58. The second kappa shape index (κ2) is 10.4. The number of nitrogens with one attached hydrogen (secondary N) is 1. The molecule has 0 unspecified atom stereocenters. The van der Waals surface area contributed by atoms with Gasteiger partial charge >= 0.3 is 0 Å². The molecule has 1 fully saturated rings. The summed E-state index contributed by atoms with van der Waals surface area (Å²) in [4.78, 5) is 31.9. The zero-order chi connectivity index (χ0) is 25.1. The molecule has 1 saturated heterocycles. The number of rotatable bonds is 7. The van der Waals surface area contributed by atoms with Crippen LogP contribution < -0.4 is 5.32 Å². The van der Waals surface area contributed by atoms with Crippen LogP contribution in [0.25, 0.3) is 0 Å². The van der Waals surface area contributed by atoms with Gasteiger partial charge in [0, 0.05) is 18.8 Å². The fourth-order valence-corrected chi connectivity index (χ4v) is 4.58. The van der Waals surface area contributed by atoms with Gasteiger partial charge < -0.3 is 14.8 Å². The summed E-state index contributed by atoms with van der Waals surface area (Å²) in [7, 11) is 0. The Morgan fingerprint density at radius 2 is 1.83 bits per heavy atom. The first kappa shape index (κ1) is 24.6. The van der Waals surface area contributed by atoms with E-state index in [4.69, 9.17) is 0 Å². The molecule has 0 bridgehead atoms. The average molecular weight is 481 g/mol. The van der Waals surface area contributed by atoms with Crippen LogP contribution in [0, 0.1) is 5.82 Å². The topological polar surface area (TPSA) is 67.2 Å². The van der Waals surface area contributed by atoms with Crippen molar-refractivity contribution in [1.82, 2.24) is 19.8 Å². The quantitative estimate of drug-likeness (QED) is 0.540. The number of alkyl halides is 1. The van der Waals surface area contributed by atoms with Gasteiger partial charge in [-0.15, -0.1) is 0 Å². The highest BCUT2D eigenvalue weighted by atomic mass is 19.1. The number of hydrogen-bond acceptors (Lipinski definition) is 3. The zero-order valence-electron chi connectivity index (χ0n) is 20.1. The number of halogens is 2. The molecule has 1 N–H and O–H groups in total. The minimum Gasteiger partial charge on any atom is -0.343 e. The van der Waals surface area contributed by atoms with Crippen molar-refractivity contribution in [3.63, 3.8) is 0 Å². The summed E-state index contributed by atoms with van der Waals surface area (Å²) in [6.45, 7) is 5.37. The molecule has 3 aromatic rings. The molecule has 184 valence electrons. The molecular weight excluding hydrogens is 450 g/mol. The van der Waals surface area contributed by atoms with Crippen LogP contribution >= 0.6 is 0 Å². The third-order valence-electron chi connectivity index (χ3n) is 6.56. The summed E-state index contributed by atoms with van der Waals surface area (Å²) in [5.41, 5.74) is 1.93. The molecule has 6 nitrogen and oxygen atoms in total. The second-order valence-corrected chi connectivity index (χ2v) is 9.31. The summed E-state index contributed by atoms with van der Waals surface area (Å²) in [5, 5.41) is 2.96. The number of benzene rings is 2. The van der Waals surface area contributed by atoms with E-state index in [2.05, 4.69) is 10.3 Å². The lowest BCUT2D eigenvalue weighted by molar-refractivity contribution is -0.140. The van der Waals surface area contributed by atoms with Crippen molar-refractivity contribution in [2.24, 2.45) is 0 Å². The molecule has 0 aliphatic carbocycles. The molecule has 0 spiro atoms. The summed E-state index contributed by atoms with van der Waals surface area (Å²) >= 11 is 0. The van der Waals surface area contributed by atoms with E-state index in [1.165, 1.54) is 17.3 Å². The van der Waals surface area contributed by atoms with E-state index in [0.29, 0.717) is 11.1 Å². The van der Waals surface area contributed by atoms with Crippen LogP contribution in [0.1, 0.15) is 61.9 Å². The highest BCUT2D eigenvalue weighted by Gasteiger charge is 2.42. The molecule has 1 aromatic heterocycles. The van der Waals surface area contributed by atoms with E-state index in [-0.39, 0.29) is 30.6 Å². The molecule has 0 radical (unpaired) electrons. The van der Waals surface area contributed by atoms with Crippen molar-refractivity contribution >= 4 is 11.8 Å². The van der Waals surface area contributed by atoms with Crippen LogP contribution in [0.5, 0.6) is 0 Å². The maximum Gasteiger partial charge on any atom is 0.246 e. The third kappa shape index (κ3) is 5.26. The van der Waals surface area contributed by atoms with Crippen LogP contribution in [0.2, 0.25) is 0 Å².